The second-order valence-corrected chi connectivity index (χ2v) is 1.42. The van der Waals surface area contributed by atoms with Gasteiger partial charge in [-0.2, -0.15) is 0 Å². The zero-order valence-electron chi connectivity index (χ0n) is 3.23. The van der Waals surface area contributed by atoms with Gasteiger partial charge in [-0.25, -0.2) is 4.39 Å². The van der Waals surface area contributed by atoms with Crippen molar-refractivity contribution in [3.63, 3.8) is 0 Å². The van der Waals surface area contributed by atoms with Crippen LogP contribution in [0.2, 0.25) is 0 Å². The summed E-state index contributed by atoms with van der Waals surface area (Å²) in [4.78, 5) is 0. The van der Waals surface area contributed by atoms with Gasteiger partial charge in [-0.15, -0.1) is 12.4 Å². The fourth-order valence-corrected chi connectivity index (χ4v) is 0.181. The summed E-state index contributed by atoms with van der Waals surface area (Å²) < 4.78 is 11.4. The molecule has 0 aromatic heterocycles. The van der Waals surface area contributed by atoms with E-state index in [1.54, 1.807) is 0 Å². The van der Waals surface area contributed by atoms with Gasteiger partial charge in [-0.1, -0.05) is 0 Å². The molecule has 0 amide bonds. The lowest BCUT2D eigenvalue weighted by Gasteiger charge is -1.66. The van der Waals surface area contributed by atoms with E-state index in [9.17, 15) is 4.39 Å². The van der Waals surface area contributed by atoms with E-state index in [1.807, 2.05) is 0 Å². The minimum Gasteiger partial charge on any atom is -0.325 e. The van der Waals surface area contributed by atoms with Crippen LogP contribution in [0, 0.1) is 0 Å². The molecule has 1 aliphatic rings. The second kappa shape index (κ2) is 1.76. The molecule has 0 heterocycles. The molecular formula is C3H7ClFN. The maximum Gasteiger partial charge on any atom is 0.117 e. The lowest BCUT2D eigenvalue weighted by molar-refractivity contribution is 0.467. The SMILES string of the molecule is Cl.N[C@H]1C[C@@H]1F. The molecule has 1 nitrogen and oxygen atoms in total. The van der Waals surface area contributed by atoms with E-state index in [-0.39, 0.29) is 18.4 Å². The van der Waals surface area contributed by atoms with Crippen LogP contribution in [0.3, 0.4) is 0 Å². The predicted octanol–water partition coefficient (Wildman–Crippen LogP) is 0.477. The van der Waals surface area contributed by atoms with Crippen molar-refractivity contribution in [2.45, 2.75) is 18.6 Å². The highest BCUT2D eigenvalue weighted by molar-refractivity contribution is 5.85. The summed E-state index contributed by atoms with van der Waals surface area (Å²) in [5, 5.41) is 0. The van der Waals surface area contributed by atoms with Gasteiger partial charge < -0.3 is 5.73 Å². The predicted molar refractivity (Wildman–Crippen MR) is 24.7 cm³/mol. The topological polar surface area (TPSA) is 26.0 Å². The Kier molecular flexibility index (Phi) is 1.81. The third-order valence-corrected chi connectivity index (χ3v) is 0.759. The molecule has 1 saturated carbocycles. The van der Waals surface area contributed by atoms with Crippen molar-refractivity contribution in [2.75, 3.05) is 0 Å². The number of halogens is 2. The second-order valence-electron chi connectivity index (χ2n) is 1.42. The highest BCUT2D eigenvalue weighted by atomic mass is 35.5. The molecule has 6 heavy (non-hydrogen) atoms. The molecule has 0 spiro atoms. The first-order valence-corrected chi connectivity index (χ1v) is 1.70. The van der Waals surface area contributed by atoms with Crippen LogP contribution in [0.4, 0.5) is 4.39 Å². The average Bonchev–Trinajstić information content (AvgIpc) is 1.79. The lowest BCUT2D eigenvalue weighted by Crippen LogP contribution is -2.00. The van der Waals surface area contributed by atoms with E-state index >= 15 is 0 Å². The van der Waals surface area contributed by atoms with Crippen LogP contribution in [0.15, 0.2) is 0 Å². The molecule has 2 N–H and O–H groups in total. The molecule has 0 aliphatic heterocycles. The van der Waals surface area contributed by atoms with E-state index in [0.29, 0.717) is 6.42 Å². The third-order valence-electron chi connectivity index (χ3n) is 0.759. The summed E-state index contributed by atoms with van der Waals surface area (Å²) in [6, 6.07) is -0.116. The van der Waals surface area contributed by atoms with Crippen molar-refractivity contribution in [2.24, 2.45) is 5.73 Å². The summed E-state index contributed by atoms with van der Waals surface area (Å²) in [5.41, 5.74) is 4.99. The third kappa shape index (κ3) is 1.11. The molecule has 0 saturated heterocycles. The fraction of sp³-hybridized carbons (Fsp3) is 1.00. The van der Waals surface area contributed by atoms with E-state index in [2.05, 4.69) is 0 Å². The van der Waals surface area contributed by atoms with Crippen LogP contribution in [-0.2, 0) is 0 Å². The van der Waals surface area contributed by atoms with Gasteiger partial charge in [-0.05, 0) is 6.42 Å². The zero-order valence-corrected chi connectivity index (χ0v) is 4.04. The highest BCUT2D eigenvalue weighted by Crippen LogP contribution is 2.21. The van der Waals surface area contributed by atoms with Gasteiger partial charge >= 0.3 is 0 Å². The Morgan fingerprint density at radius 1 is 1.67 bits per heavy atom. The minimum absolute atomic E-state index is 0. The molecule has 3 heteroatoms. The monoisotopic (exact) mass is 111 g/mol. The maximum atomic E-state index is 11.4. The molecule has 2 atom stereocenters. The van der Waals surface area contributed by atoms with Gasteiger partial charge in [0, 0.05) is 6.04 Å². The molecular weight excluding hydrogens is 104 g/mol. The van der Waals surface area contributed by atoms with E-state index < -0.39 is 6.17 Å². The summed E-state index contributed by atoms with van der Waals surface area (Å²) >= 11 is 0. The Morgan fingerprint density at radius 2 is 1.83 bits per heavy atom. The highest BCUT2D eigenvalue weighted by Gasteiger charge is 2.32. The molecule has 0 radical (unpaired) electrons. The van der Waals surface area contributed by atoms with Crippen LogP contribution < -0.4 is 5.73 Å². The van der Waals surface area contributed by atoms with Crippen molar-refractivity contribution in [1.29, 1.82) is 0 Å². The van der Waals surface area contributed by atoms with Crippen molar-refractivity contribution in [3.05, 3.63) is 0 Å². The molecule has 0 aromatic carbocycles. The van der Waals surface area contributed by atoms with Gasteiger partial charge in [0.2, 0.25) is 0 Å². The first-order chi connectivity index (χ1) is 2.30. The first-order valence-electron chi connectivity index (χ1n) is 1.70. The average molecular weight is 112 g/mol. The fourth-order valence-electron chi connectivity index (χ4n) is 0.181. The Balaban J connectivity index is 0.000000250. The van der Waals surface area contributed by atoms with Crippen molar-refractivity contribution >= 4 is 12.4 Å². The zero-order chi connectivity index (χ0) is 3.86. The van der Waals surface area contributed by atoms with Crippen LogP contribution in [-0.4, -0.2) is 12.2 Å². The largest absolute Gasteiger partial charge is 0.325 e. The van der Waals surface area contributed by atoms with Crippen LogP contribution in [0.1, 0.15) is 6.42 Å². The Labute approximate surface area is 42.1 Å². The normalized spacial score (nSPS) is 41.0. The minimum atomic E-state index is -0.671. The first kappa shape index (κ1) is 6.18. The summed E-state index contributed by atoms with van der Waals surface area (Å²) in [6.45, 7) is 0. The maximum absolute atomic E-state index is 11.4. The van der Waals surface area contributed by atoms with E-state index in [4.69, 9.17) is 5.73 Å². The summed E-state index contributed by atoms with van der Waals surface area (Å²) in [6.07, 6.45) is -0.0880. The van der Waals surface area contributed by atoms with E-state index in [0.717, 1.165) is 0 Å². The van der Waals surface area contributed by atoms with Crippen LogP contribution >= 0.6 is 12.4 Å². The summed E-state index contributed by atoms with van der Waals surface area (Å²) in [7, 11) is 0. The van der Waals surface area contributed by atoms with Crippen molar-refractivity contribution in [3.8, 4) is 0 Å². The van der Waals surface area contributed by atoms with Gasteiger partial charge in [-0.3, -0.25) is 0 Å². The molecule has 0 aromatic rings. The number of rotatable bonds is 0. The molecule has 0 unspecified atom stereocenters. The molecule has 1 aliphatic carbocycles. The molecule has 1 fully saturated rings. The van der Waals surface area contributed by atoms with Gasteiger partial charge in [0.1, 0.15) is 6.17 Å². The van der Waals surface area contributed by atoms with Crippen molar-refractivity contribution in [1.82, 2.24) is 0 Å². The van der Waals surface area contributed by atoms with Gasteiger partial charge in [0.15, 0.2) is 0 Å². The standard InChI is InChI=1S/C3H6FN.ClH/c4-2-1-3(2)5;/h2-3H,1,5H2;1H/t2-,3-;/m0./s1. The van der Waals surface area contributed by atoms with Crippen molar-refractivity contribution < 1.29 is 4.39 Å². The quantitative estimate of drug-likeness (QED) is 0.484. The molecule has 1 rings (SSSR count). The molecule has 0 bridgehead atoms. The lowest BCUT2D eigenvalue weighted by atomic mass is 10.8. The van der Waals surface area contributed by atoms with Crippen LogP contribution in [0.25, 0.3) is 0 Å². The Morgan fingerprint density at radius 3 is 1.83 bits per heavy atom. The molecule has 38 valence electrons. The Hall–Kier alpha value is 0.180. The number of alkyl halides is 1. The van der Waals surface area contributed by atoms with Gasteiger partial charge in [0.05, 0.1) is 0 Å². The number of hydrogen-bond donors (Lipinski definition) is 1. The number of hydrogen-bond acceptors (Lipinski definition) is 1. The van der Waals surface area contributed by atoms with Gasteiger partial charge in [0.25, 0.3) is 0 Å². The Bertz CT molecular complexity index is 44.1. The summed E-state index contributed by atoms with van der Waals surface area (Å²) in [5.74, 6) is 0. The van der Waals surface area contributed by atoms with E-state index in [1.165, 1.54) is 0 Å². The van der Waals surface area contributed by atoms with Crippen LogP contribution in [0.5, 0.6) is 0 Å². The number of nitrogens with two attached hydrogens (primary N) is 1. The smallest absolute Gasteiger partial charge is 0.117 e.